The minimum absolute atomic E-state index is 0.0487. The van der Waals surface area contributed by atoms with Crippen LogP contribution >= 0.6 is 45.2 Å². The van der Waals surface area contributed by atoms with Gasteiger partial charge in [0.25, 0.3) is 5.69 Å². The molecule has 2 aromatic carbocycles. The smallest absolute Gasteiger partial charge is 0.363 e. The van der Waals surface area contributed by atoms with E-state index in [2.05, 4.69) is 56.8 Å². The third-order valence-corrected chi connectivity index (χ3v) is 5.22. The first-order chi connectivity index (χ1) is 13.4. The molecule has 1 aliphatic heterocycles. The number of carbonyl (C=O) groups is 1. The third-order valence-electron chi connectivity index (χ3n) is 3.62. The summed E-state index contributed by atoms with van der Waals surface area (Å²) in [5.74, 6) is 0.291. The zero-order valence-electron chi connectivity index (χ0n) is 14.2. The highest BCUT2D eigenvalue weighted by molar-refractivity contribution is 14.1. The van der Waals surface area contributed by atoms with E-state index < -0.39 is 10.9 Å². The van der Waals surface area contributed by atoms with Gasteiger partial charge in [-0.3, -0.25) is 10.1 Å². The van der Waals surface area contributed by atoms with E-state index in [1.165, 1.54) is 24.3 Å². The van der Waals surface area contributed by atoms with Crippen LogP contribution in [0.1, 0.15) is 11.1 Å². The van der Waals surface area contributed by atoms with Gasteiger partial charge in [-0.15, -0.1) is 0 Å². The summed E-state index contributed by atoms with van der Waals surface area (Å²) in [6.45, 7) is 4.04. The number of aliphatic imine (C=N–C) groups is 1. The van der Waals surface area contributed by atoms with Gasteiger partial charge in [-0.25, -0.2) is 9.79 Å². The number of benzene rings is 2. The Morgan fingerprint density at radius 1 is 1.21 bits per heavy atom. The Morgan fingerprint density at radius 2 is 1.86 bits per heavy atom. The SMILES string of the molecule is C=CCOc1c(I)cc(/C=C2\N=C(c3ccc([N+](=O)[O-])cc3)OC2=O)cc1I. The van der Waals surface area contributed by atoms with E-state index in [0.717, 1.165) is 18.5 Å². The second-order valence-electron chi connectivity index (χ2n) is 5.55. The van der Waals surface area contributed by atoms with Crippen molar-refractivity contribution in [3.8, 4) is 5.75 Å². The lowest BCUT2D eigenvalue weighted by Gasteiger charge is -2.09. The number of hydrogen-bond donors (Lipinski definition) is 0. The number of carbonyl (C=O) groups excluding carboxylic acids is 1. The summed E-state index contributed by atoms with van der Waals surface area (Å²) in [4.78, 5) is 26.6. The predicted molar refractivity (Wildman–Crippen MR) is 121 cm³/mol. The number of cyclic esters (lactones) is 1. The van der Waals surface area contributed by atoms with E-state index >= 15 is 0 Å². The zero-order chi connectivity index (χ0) is 20.3. The molecule has 0 fully saturated rings. The molecule has 0 amide bonds. The van der Waals surface area contributed by atoms with Crippen LogP contribution in [0.3, 0.4) is 0 Å². The minimum atomic E-state index is -0.578. The molecule has 9 heteroatoms. The summed E-state index contributed by atoms with van der Waals surface area (Å²) in [6, 6.07) is 9.40. The molecule has 1 aliphatic rings. The maximum Gasteiger partial charge on any atom is 0.363 e. The lowest BCUT2D eigenvalue weighted by atomic mass is 10.2. The normalized spacial score (nSPS) is 14.6. The molecule has 142 valence electrons. The first-order valence-corrected chi connectivity index (χ1v) is 10.0. The molecule has 0 saturated carbocycles. The van der Waals surface area contributed by atoms with E-state index in [9.17, 15) is 14.9 Å². The zero-order valence-corrected chi connectivity index (χ0v) is 18.5. The van der Waals surface area contributed by atoms with E-state index in [-0.39, 0.29) is 17.3 Å². The van der Waals surface area contributed by atoms with E-state index in [1.807, 2.05) is 12.1 Å². The first kappa shape index (κ1) is 20.5. The Hall–Kier alpha value is -2.28. The summed E-state index contributed by atoms with van der Waals surface area (Å²) in [5.41, 5.74) is 1.37. The average molecular weight is 602 g/mol. The van der Waals surface area contributed by atoms with Crippen LogP contribution in [-0.2, 0) is 9.53 Å². The van der Waals surface area contributed by atoms with Crippen LogP contribution in [0.25, 0.3) is 6.08 Å². The minimum Gasteiger partial charge on any atom is -0.487 e. The van der Waals surface area contributed by atoms with Gasteiger partial charge in [-0.05, 0) is 81.1 Å². The van der Waals surface area contributed by atoms with Gasteiger partial charge in [0.05, 0.1) is 12.1 Å². The molecule has 28 heavy (non-hydrogen) atoms. The first-order valence-electron chi connectivity index (χ1n) is 7.89. The Kier molecular flexibility index (Phi) is 6.44. The largest absolute Gasteiger partial charge is 0.487 e. The van der Waals surface area contributed by atoms with Gasteiger partial charge in [0.15, 0.2) is 5.70 Å². The third kappa shape index (κ3) is 4.58. The maximum absolute atomic E-state index is 12.2. The van der Waals surface area contributed by atoms with Gasteiger partial charge in [0.2, 0.25) is 5.90 Å². The number of nitrogens with zero attached hydrogens (tertiary/aromatic N) is 2. The number of hydrogen-bond acceptors (Lipinski definition) is 6. The summed E-state index contributed by atoms with van der Waals surface area (Å²) in [7, 11) is 0. The summed E-state index contributed by atoms with van der Waals surface area (Å²) in [5, 5.41) is 10.7. The molecule has 0 atom stereocenters. The van der Waals surface area contributed by atoms with Gasteiger partial charge < -0.3 is 9.47 Å². The summed E-state index contributed by atoms with van der Waals surface area (Å²) < 4.78 is 12.6. The van der Waals surface area contributed by atoms with Crippen molar-refractivity contribution in [2.45, 2.75) is 0 Å². The van der Waals surface area contributed by atoms with Gasteiger partial charge in [-0.1, -0.05) is 12.7 Å². The van der Waals surface area contributed by atoms with Gasteiger partial charge >= 0.3 is 5.97 Å². The predicted octanol–water partition coefficient (Wildman–Crippen LogP) is 4.71. The van der Waals surface area contributed by atoms with Gasteiger partial charge in [0, 0.05) is 17.7 Å². The Bertz CT molecular complexity index is 1010. The Labute approximate surface area is 187 Å². The molecule has 3 rings (SSSR count). The molecular weight excluding hydrogens is 590 g/mol. The number of rotatable bonds is 6. The van der Waals surface area contributed by atoms with Crippen LogP contribution in [0.5, 0.6) is 5.75 Å². The highest BCUT2D eigenvalue weighted by Gasteiger charge is 2.24. The van der Waals surface area contributed by atoms with Crippen LogP contribution in [0.2, 0.25) is 0 Å². The number of ether oxygens (including phenoxy) is 2. The number of halogens is 2. The van der Waals surface area contributed by atoms with Crippen molar-refractivity contribution in [3.63, 3.8) is 0 Å². The molecule has 0 aromatic heterocycles. The van der Waals surface area contributed by atoms with Crippen LogP contribution in [0.4, 0.5) is 5.69 Å². The molecular formula is C19H12I2N2O5. The van der Waals surface area contributed by atoms with Crippen LogP contribution in [-0.4, -0.2) is 23.4 Å². The Morgan fingerprint density at radius 3 is 2.43 bits per heavy atom. The second kappa shape index (κ2) is 8.82. The Balaban J connectivity index is 1.89. The van der Waals surface area contributed by atoms with Crippen molar-refractivity contribution in [1.82, 2.24) is 0 Å². The van der Waals surface area contributed by atoms with Gasteiger partial charge in [-0.2, -0.15) is 0 Å². The number of esters is 1. The highest BCUT2D eigenvalue weighted by Crippen LogP contribution is 2.30. The van der Waals surface area contributed by atoms with Crippen molar-refractivity contribution in [3.05, 3.63) is 83.1 Å². The second-order valence-corrected chi connectivity index (χ2v) is 7.88. The number of nitro groups is 1. The molecule has 0 radical (unpaired) electrons. The molecule has 0 N–H and O–H groups in total. The molecule has 0 saturated heterocycles. The summed E-state index contributed by atoms with van der Waals surface area (Å²) in [6.07, 6.45) is 3.30. The molecule has 1 heterocycles. The molecule has 0 unspecified atom stereocenters. The fourth-order valence-electron chi connectivity index (χ4n) is 2.36. The fraction of sp³-hybridized carbons (Fsp3) is 0.0526. The van der Waals surface area contributed by atoms with Crippen molar-refractivity contribution in [2.75, 3.05) is 6.61 Å². The van der Waals surface area contributed by atoms with E-state index in [1.54, 1.807) is 12.2 Å². The number of non-ortho nitro benzene ring substituents is 1. The van der Waals surface area contributed by atoms with E-state index in [4.69, 9.17) is 9.47 Å². The summed E-state index contributed by atoms with van der Waals surface area (Å²) >= 11 is 4.33. The monoisotopic (exact) mass is 602 g/mol. The van der Waals surface area contributed by atoms with Gasteiger partial charge in [0.1, 0.15) is 12.4 Å². The van der Waals surface area contributed by atoms with Crippen molar-refractivity contribution < 1.29 is 19.2 Å². The molecule has 7 nitrogen and oxygen atoms in total. The fourth-order valence-corrected chi connectivity index (χ4v) is 4.49. The lowest BCUT2D eigenvalue weighted by Crippen LogP contribution is -2.05. The topological polar surface area (TPSA) is 91.0 Å². The van der Waals surface area contributed by atoms with Crippen molar-refractivity contribution >= 4 is 68.8 Å². The molecule has 0 bridgehead atoms. The molecule has 2 aromatic rings. The molecule has 0 spiro atoms. The van der Waals surface area contributed by atoms with Crippen LogP contribution < -0.4 is 4.74 Å². The lowest BCUT2D eigenvalue weighted by molar-refractivity contribution is -0.384. The van der Waals surface area contributed by atoms with Crippen LogP contribution in [0.15, 0.2) is 59.7 Å². The average Bonchev–Trinajstić information content (AvgIpc) is 3.01. The maximum atomic E-state index is 12.2. The number of nitro benzene ring substituents is 1. The molecule has 0 aliphatic carbocycles. The van der Waals surface area contributed by atoms with Crippen molar-refractivity contribution in [2.24, 2.45) is 4.99 Å². The van der Waals surface area contributed by atoms with Crippen LogP contribution in [0, 0.1) is 17.3 Å². The van der Waals surface area contributed by atoms with Crippen molar-refractivity contribution in [1.29, 1.82) is 0 Å². The quantitative estimate of drug-likeness (QED) is 0.119. The van der Waals surface area contributed by atoms with E-state index in [0.29, 0.717) is 12.2 Å². The highest BCUT2D eigenvalue weighted by atomic mass is 127. The standard InChI is InChI=1S/C19H12I2N2O5/c1-2-7-27-17-14(20)8-11(9-15(17)21)10-16-19(24)28-18(22-16)12-3-5-13(6-4-12)23(25)26/h2-6,8-10H,1,7H2/b16-10-.